The van der Waals surface area contributed by atoms with Crippen molar-refractivity contribution in [2.45, 2.75) is 39.9 Å². The van der Waals surface area contributed by atoms with Crippen molar-refractivity contribution in [3.05, 3.63) is 34.5 Å². The number of nitrogens with zero attached hydrogens (tertiary/aromatic N) is 4. The summed E-state index contributed by atoms with van der Waals surface area (Å²) in [7, 11) is 0. The summed E-state index contributed by atoms with van der Waals surface area (Å²) in [6, 6.07) is 5.34. The highest BCUT2D eigenvalue weighted by atomic mass is 35.5. The zero-order valence-corrected chi connectivity index (χ0v) is 20.0. The molecule has 0 spiro atoms. The number of ether oxygens (including phenoxy) is 2. The van der Waals surface area contributed by atoms with Gasteiger partial charge in [0.2, 0.25) is 11.7 Å². The smallest absolute Gasteiger partial charge is 0.317 e. The lowest BCUT2D eigenvalue weighted by molar-refractivity contribution is -0.124. The third-order valence-corrected chi connectivity index (χ3v) is 4.69. The molecule has 0 saturated carbocycles. The van der Waals surface area contributed by atoms with Crippen molar-refractivity contribution >= 4 is 17.5 Å². The highest BCUT2D eigenvalue weighted by Crippen LogP contribution is 2.34. The van der Waals surface area contributed by atoms with E-state index in [1.54, 1.807) is 25.1 Å². The van der Waals surface area contributed by atoms with Crippen LogP contribution in [-0.4, -0.2) is 68.2 Å². The highest BCUT2D eigenvalue weighted by molar-refractivity contribution is 6.32. The second-order valence-corrected chi connectivity index (χ2v) is 8.21. The average molecular weight is 492 g/mol. The number of carbonyl (C=O) groups is 1. The Morgan fingerprint density at radius 1 is 1.21 bits per heavy atom. The van der Waals surface area contributed by atoms with Crippen LogP contribution in [0.4, 0.5) is 0 Å². The van der Waals surface area contributed by atoms with Crippen molar-refractivity contribution < 1.29 is 29.0 Å². The van der Waals surface area contributed by atoms with Gasteiger partial charge in [-0.25, -0.2) is 4.98 Å². The molecule has 2 aromatic heterocycles. The summed E-state index contributed by atoms with van der Waals surface area (Å²) in [5.41, 5.74) is 2.42. The maximum absolute atomic E-state index is 11.1. The lowest BCUT2D eigenvalue weighted by Gasteiger charge is -2.16. The Labute approximate surface area is 201 Å². The Bertz CT molecular complexity index is 1130. The van der Waals surface area contributed by atoms with E-state index in [1.165, 1.54) is 0 Å². The standard InChI is InChI=1S/C22H26ClN5O6/c1-11(2)33-22-25-13(4)6-17(26-22)21-27-20(28-34-21)14-5-12(3)19(16(23)7-14)32-10-15(30)8-24-18(31)9-29/h5-7,11,15,29-30H,8-10H2,1-4H3,(H,24,31)/t15-/m0/s1. The molecule has 3 aromatic rings. The predicted octanol–water partition coefficient (Wildman–Crippen LogP) is 2.10. The fourth-order valence-corrected chi connectivity index (χ4v) is 3.25. The topological polar surface area (TPSA) is 153 Å². The first-order valence-electron chi connectivity index (χ1n) is 10.5. The molecule has 0 aliphatic rings. The number of aliphatic hydroxyl groups excluding tert-OH is 2. The van der Waals surface area contributed by atoms with E-state index in [-0.39, 0.29) is 31.2 Å². The van der Waals surface area contributed by atoms with Gasteiger partial charge in [-0.2, -0.15) is 9.97 Å². The van der Waals surface area contributed by atoms with Crippen LogP contribution in [0.15, 0.2) is 22.7 Å². The summed E-state index contributed by atoms with van der Waals surface area (Å²) in [4.78, 5) is 24.1. The Balaban J connectivity index is 1.75. The molecule has 0 saturated heterocycles. The van der Waals surface area contributed by atoms with Crippen LogP contribution in [0.25, 0.3) is 23.0 Å². The number of hydrogen-bond acceptors (Lipinski definition) is 10. The lowest BCUT2D eigenvalue weighted by atomic mass is 10.1. The number of aryl methyl sites for hydroxylation is 2. The van der Waals surface area contributed by atoms with E-state index in [0.717, 1.165) is 0 Å². The molecule has 3 rings (SSSR count). The van der Waals surface area contributed by atoms with Gasteiger partial charge in [0.05, 0.1) is 11.1 Å². The molecular weight excluding hydrogens is 466 g/mol. The molecule has 11 nitrogen and oxygen atoms in total. The van der Waals surface area contributed by atoms with Crippen molar-refractivity contribution in [2.75, 3.05) is 19.8 Å². The summed E-state index contributed by atoms with van der Waals surface area (Å²) < 4.78 is 16.6. The van der Waals surface area contributed by atoms with Crippen molar-refractivity contribution in [3.8, 4) is 34.7 Å². The Morgan fingerprint density at radius 3 is 2.65 bits per heavy atom. The number of rotatable bonds is 10. The molecule has 0 radical (unpaired) electrons. The monoisotopic (exact) mass is 491 g/mol. The minimum atomic E-state index is -0.980. The third kappa shape index (κ3) is 6.62. The van der Waals surface area contributed by atoms with Crippen molar-refractivity contribution in [1.29, 1.82) is 0 Å². The van der Waals surface area contributed by atoms with Crippen molar-refractivity contribution in [3.63, 3.8) is 0 Å². The van der Waals surface area contributed by atoms with Crippen LogP contribution in [0.2, 0.25) is 5.02 Å². The molecule has 12 heteroatoms. The van der Waals surface area contributed by atoms with Crippen LogP contribution in [0.5, 0.6) is 11.8 Å². The van der Waals surface area contributed by atoms with Crippen molar-refractivity contribution in [1.82, 2.24) is 25.4 Å². The van der Waals surface area contributed by atoms with Crippen LogP contribution in [0.1, 0.15) is 25.1 Å². The summed E-state index contributed by atoms with van der Waals surface area (Å²) in [5, 5.41) is 25.3. The first-order valence-corrected chi connectivity index (χ1v) is 10.9. The molecule has 1 atom stereocenters. The van der Waals surface area contributed by atoms with E-state index < -0.39 is 18.6 Å². The number of nitrogens with one attached hydrogen (secondary N) is 1. The fraction of sp³-hybridized carbons (Fsp3) is 0.409. The van der Waals surface area contributed by atoms with Crippen LogP contribution in [-0.2, 0) is 4.79 Å². The molecule has 0 aliphatic carbocycles. The highest BCUT2D eigenvalue weighted by Gasteiger charge is 2.18. The van der Waals surface area contributed by atoms with Crippen LogP contribution < -0.4 is 14.8 Å². The van der Waals surface area contributed by atoms with Gasteiger partial charge in [-0.15, -0.1) is 0 Å². The van der Waals surface area contributed by atoms with Crippen LogP contribution >= 0.6 is 11.6 Å². The maximum Gasteiger partial charge on any atom is 0.317 e. The molecule has 2 heterocycles. The number of amides is 1. The zero-order valence-electron chi connectivity index (χ0n) is 19.2. The van der Waals surface area contributed by atoms with Gasteiger partial charge in [-0.3, -0.25) is 4.79 Å². The van der Waals surface area contributed by atoms with Gasteiger partial charge in [0, 0.05) is 17.8 Å². The van der Waals surface area contributed by atoms with Crippen LogP contribution in [0, 0.1) is 13.8 Å². The minimum Gasteiger partial charge on any atom is -0.489 e. The van der Waals surface area contributed by atoms with E-state index in [0.29, 0.717) is 39.1 Å². The second-order valence-electron chi connectivity index (χ2n) is 7.80. The first-order chi connectivity index (χ1) is 16.2. The van der Waals surface area contributed by atoms with Gasteiger partial charge in [-0.05, 0) is 51.5 Å². The SMILES string of the molecule is Cc1cc(-c2nc(-c3cc(C)c(OC[C@@H](O)CNC(=O)CO)c(Cl)c3)no2)nc(OC(C)C)n1. The molecule has 34 heavy (non-hydrogen) atoms. The Hall–Kier alpha value is -3.28. The number of hydrogen-bond donors (Lipinski definition) is 3. The average Bonchev–Trinajstić information content (AvgIpc) is 3.26. The summed E-state index contributed by atoms with van der Waals surface area (Å²) in [5.74, 6) is 0.304. The molecule has 182 valence electrons. The molecule has 0 aliphatic heterocycles. The quantitative estimate of drug-likeness (QED) is 0.384. The van der Waals surface area contributed by atoms with E-state index in [2.05, 4.69) is 25.4 Å². The number of aromatic nitrogens is 4. The van der Waals surface area contributed by atoms with Crippen molar-refractivity contribution in [2.24, 2.45) is 0 Å². The molecule has 0 bridgehead atoms. The van der Waals surface area contributed by atoms with Gasteiger partial charge in [0.25, 0.3) is 5.89 Å². The molecular formula is C22H26ClN5O6. The normalized spacial score (nSPS) is 12.0. The molecule has 0 fully saturated rings. The van der Waals surface area contributed by atoms with Gasteiger partial charge >= 0.3 is 6.01 Å². The second kappa shape index (κ2) is 11.2. The van der Waals surface area contributed by atoms with E-state index in [9.17, 15) is 9.90 Å². The van der Waals surface area contributed by atoms with Gasteiger partial charge in [-0.1, -0.05) is 16.8 Å². The van der Waals surface area contributed by atoms with E-state index >= 15 is 0 Å². The Morgan fingerprint density at radius 2 is 1.97 bits per heavy atom. The Kier molecular flexibility index (Phi) is 8.37. The summed E-state index contributed by atoms with van der Waals surface area (Å²) in [6.07, 6.45) is -1.06. The minimum absolute atomic E-state index is 0.0633. The molecule has 1 aromatic carbocycles. The summed E-state index contributed by atoms with van der Waals surface area (Å²) >= 11 is 6.40. The van der Waals surface area contributed by atoms with E-state index in [1.807, 2.05) is 20.8 Å². The fourth-order valence-electron chi connectivity index (χ4n) is 2.93. The van der Waals surface area contributed by atoms with Gasteiger partial charge < -0.3 is 29.5 Å². The molecule has 0 unspecified atom stereocenters. The number of halogens is 1. The van der Waals surface area contributed by atoms with Crippen LogP contribution in [0.3, 0.4) is 0 Å². The summed E-state index contributed by atoms with van der Waals surface area (Å²) in [6.45, 7) is 6.54. The lowest BCUT2D eigenvalue weighted by Crippen LogP contribution is -2.36. The third-order valence-electron chi connectivity index (χ3n) is 4.41. The number of carbonyl (C=O) groups excluding carboxylic acids is 1. The number of benzene rings is 1. The van der Waals surface area contributed by atoms with Gasteiger partial charge in [0.15, 0.2) is 0 Å². The zero-order chi connectivity index (χ0) is 24.8. The van der Waals surface area contributed by atoms with E-state index in [4.69, 9.17) is 30.7 Å². The molecule has 3 N–H and O–H groups in total. The predicted molar refractivity (Wildman–Crippen MR) is 123 cm³/mol. The molecule has 1 amide bonds. The number of aliphatic hydroxyl groups is 2. The largest absolute Gasteiger partial charge is 0.489 e. The maximum atomic E-state index is 11.1. The first kappa shape index (κ1) is 25.3. The van der Waals surface area contributed by atoms with Gasteiger partial charge in [0.1, 0.15) is 30.8 Å².